The highest BCUT2D eigenvalue weighted by molar-refractivity contribution is 5.79. The highest BCUT2D eigenvalue weighted by Crippen LogP contribution is 2.22. The van der Waals surface area contributed by atoms with Crippen LogP contribution in [0.1, 0.15) is 36.8 Å². The molecular formula is C15H17NO3. The van der Waals surface area contributed by atoms with E-state index in [0.717, 1.165) is 18.4 Å². The zero-order chi connectivity index (χ0) is 13.7. The molecule has 0 saturated heterocycles. The molecule has 0 amide bonds. The number of ketones is 1. The number of carbonyl (C=O) groups excluding carboxylic acids is 1. The lowest BCUT2D eigenvalue weighted by Crippen LogP contribution is -2.21. The Hall–Kier alpha value is -1.86. The summed E-state index contributed by atoms with van der Waals surface area (Å²) < 4.78 is 11.0. The Kier molecular flexibility index (Phi) is 4.53. The van der Waals surface area contributed by atoms with E-state index in [1.807, 2.05) is 12.1 Å². The monoisotopic (exact) mass is 259 g/mol. The normalized spacial score (nSPS) is 16.1. The van der Waals surface area contributed by atoms with Gasteiger partial charge in [-0.15, -0.1) is 0 Å². The van der Waals surface area contributed by atoms with E-state index in [4.69, 9.17) is 14.7 Å². The largest absolute Gasteiger partial charge is 0.495 e. The molecule has 1 aliphatic rings. The molecule has 0 aliphatic heterocycles. The molecule has 0 N–H and O–H groups in total. The van der Waals surface area contributed by atoms with Gasteiger partial charge in [-0.25, -0.2) is 0 Å². The summed E-state index contributed by atoms with van der Waals surface area (Å²) in [6, 6.07) is 7.51. The summed E-state index contributed by atoms with van der Waals surface area (Å²) in [5.41, 5.74) is 1.50. The van der Waals surface area contributed by atoms with Crippen molar-refractivity contribution in [3.63, 3.8) is 0 Å². The lowest BCUT2D eigenvalue weighted by Gasteiger charge is -2.21. The van der Waals surface area contributed by atoms with Crippen molar-refractivity contribution in [2.75, 3.05) is 7.11 Å². The fourth-order valence-electron chi connectivity index (χ4n) is 2.21. The second-order valence-electron chi connectivity index (χ2n) is 4.70. The van der Waals surface area contributed by atoms with E-state index in [0.29, 0.717) is 36.5 Å². The molecule has 0 radical (unpaired) electrons. The van der Waals surface area contributed by atoms with E-state index in [-0.39, 0.29) is 6.10 Å². The number of hydrogen-bond acceptors (Lipinski definition) is 4. The summed E-state index contributed by atoms with van der Waals surface area (Å²) in [5, 5.41) is 8.91. The minimum absolute atomic E-state index is 0.166. The lowest BCUT2D eigenvalue weighted by molar-refractivity contribution is -0.123. The van der Waals surface area contributed by atoms with Crippen molar-refractivity contribution in [2.24, 2.45) is 0 Å². The maximum absolute atomic E-state index is 11.1. The molecule has 100 valence electrons. The van der Waals surface area contributed by atoms with Gasteiger partial charge in [0.25, 0.3) is 0 Å². The molecule has 0 unspecified atom stereocenters. The van der Waals surface area contributed by atoms with Crippen LogP contribution in [0.4, 0.5) is 0 Å². The molecule has 4 heteroatoms. The number of benzene rings is 1. The van der Waals surface area contributed by atoms with Gasteiger partial charge in [0.05, 0.1) is 25.4 Å². The third-order valence-electron chi connectivity index (χ3n) is 3.36. The van der Waals surface area contributed by atoms with Crippen LogP contribution in [0.5, 0.6) is 5.75 Å². The van der Waals surface area contributed by atoms with E-state index in [1.165, 1.54) is 0 Å². The molecule has 1 aromatic carbocycles. The van der Waals surface area contributed by atoms with Crippen molar-refractivity contribution >= 4 is 5.78 Å². The quantitative estimate of drug-likeness (QED) is 0.834. The lowest BCUT2D eigenvalue weighted by atomic mass is 9.96. The van der Waals surface area contributed by atoms with Gasteiger partial charge in [-0.3, -0.25) is 4.79 Å². The van der Waals surface area contributed by atoms with Gasteiger partial charge < -0.3 is 9.47 Å². The van der Waals surface area contributed by atoms with Crippen LogP contribution in [0.3, 0.4) is 0 Å². The molecule has 0 atom stereocenters. The minimum Gasteiger partial charge on any atom is -0.495 e. The summed E-state index contributed by atoms with van der Waals surface area (Å²) in [7, 11) is 1.55. The third-order valence-corrected chi connectivity index (χ3v) is 3.36. The van der Waals surface area contributed by atoms with Crippen molar-refractivity contribution in [1.29, 1.82) is 5.26 Å². The molecule has 4 nitrogen and oxygen atoms in total. The molecule has 1 fully saturated rings. The van der Waals surface area contributed by atoms with Crippen LogP contribution in [0.15, 0.2) is 18.2 Å². The van der Waals surface area contributed by atoms with Gasteiger partial charge >= 0.3 is 0 Å². The number of carbonyl (C=O) groups is 1. The summed E-state index contributed by atoms with van der Waals surface area (Å²) in [6.45, 7) is 0.487. The maximum atomic E-state index is 11.1. The summed E-state index contributed by atoms with van der Waals surface area (Å²) in [5.74, 6) is 0.905. The molecule has 1 aromatic rings. The van der Waals surface area contributed by atoms with Crippen molar-refractivity contribution < 1.29 is 14.3 Å². The van der Waals surface area contributed by atoms with Gasteiger partial charge in [0.15, 0.2) is 0 Å². The SMILES string of the molecule is COc1cc(COC2CCC(=O)CC2)ccc1C#N. The van der Waals surface area contributed by atoms with Crippen molar-refractivity contribution in [2.45, 2.75) is 38.4 Å². The maximum Gasteiger partial charge on any atom is 0.136 e. The predicted molar refractivity (Wildman–Crippen MR) is 69.8 cm³/mol. The Morgan fingerprint density at radius 3 is 2.74 bits per heavy atom. The topological polar surface area (TPSA) is 59.3 Å². The Bertz CT molecular complexity index is 495. The fourth-order valence-corrected chi connectivity index (χ4v) is 2.21. The first-order chi connectivity index (χ1) is 9.22. The van der Waals surface area contributed by atoms with Crippen molar-refractivity contribution in [3.05, 3.63) is 29.3 Å². The van der Waals surface area contributed by atoms with Gasteiger partial charge in [-0.2, -0.15) is 5.26 Å². The molecule has 2 rings (SSSR count). The first-order valence-electron chi connectivity index (χ1n) is 6.43. The second-order valence-corrected chi connectivity index (χ2v) is 4.70. The van der Waals surface area contributed by atoms with Crippen molar-refractivity contribution in [1.82, 2.24) is 0 Å². The van der Waals surface area contributed by atoms with Gasteiger partial charge in [0.2, 0.25) is 0 Å². The van der Waals surface area contributed by atoms with E-state index in [1.54, 1.807) is 13.2 Å². The van der Waals surface area contributed by atoms with Gasteiger partial charge in [-0.05, 0) is 30.5 Å². The van der Waals surface area contributed by atoms with Crippen LogP contribution in [0, 0.1) is 11.3 Å². The van der Waals surface area contributed by atoms with Crippen LogP contribution < -0.4 is 4.74 Å². The number of hydrogen-bond donors (Lipinski definition) is 0. The molecule has 19 heavy (non-hydrogen) atoms. The zero-order valence-electron chi connectivity index (χ0n) is 11.0. The average Bonchev–Trinajstić information content (AvgIpc) is 2.46. The predicted octanol–water partition coefficient (Wildman–Crippen LogP) is 2.60. The smallest absolute Gasteiger partial charge is 0.136 e. The molecule has 0 bridgehead atoms. The average molecular weight is 259 g/mol. The Balaban J connectivity index is 1.93. The molecular weight excluding hydrogens is 242 g/mol. The standard InChI is InChI=1S/C15H17NO3/c1-18-15-8-11(2-3-12(15)9-16)10-19-14-6-4-13(17)5-7-14/h2-3,8,14H,4-7,10H2,1H3. The fraction of sp³-hybridized carbons (Fsp3) is 0.467. The van der Waals surface area contributed by atoms with Crippen LogP contribution in [0.25, 0.3) is 0 Å². The van der Waals surface area contributed by atoms with Crippen molar-refractivity contribution in [3.8, 4) is 11.8 Å². The molecule has 0 heterocycles. The zero-order valence-corrected chi connectivity index (χ0v) is 11.0. The van der Waals surface area contributed by atoms with Crippen LogP contribution in [-0.4, -0.2) is 19.0 Å². The summed E-state index contributed by atoms with van der Waals surface area (Å²) in [4.78, 5) is 11.1. The highest BCUT2D eigenvalue weighted by atomic mass is 16.5. The van der Waals surface area contributed by atoms with Gasteiger partial charge in [0, 0.05) is 12.8 Å². The third kappa shape index (κ3) is 3.55. The van der Waals surface area contributed by atoms with E-state index in [2.05, 4.69) is 6.07 Å². The van der Waals surface area contributed by atoms with Gasteiger partial charge in [0.1, 0.15) is 17.6 Å². The second kappa shape index (κ2) is 6.35. The van der Waals surface area contributed by atoms with E-state index < -0.39 is 0 Å². The minimum atomic E-state index is 0.166. The molecule has 1 aliphatic carbocycles. The number of nitrogens with zero attached hydrogens (tertiary/aromatic N) is 1. The number of methoxy groups -OCH3 is 1. The number of Topliss-reactive ketones (excluding diaryl/α,β-unsaturated/α-hetero) is 1. The van der Waals surface area contributed by atoms with Gasteiger partial charge in [-0.1, -0.05) is 6.07 Å². The summed E-state index contributed by atoms with van der Waals surface area (Å²) >= 11 is 0. The summed E-state index contributed by atoms with van der Waals surface area (Å²) in [6.07, 6.45) is 3.04. The van der Waals surface area contributed by atoms with Crippen LogP contribution >= 0.6 is 0 Å². The molecule has 1 saturated carbocycles. The van der Waals surface area contributed by atoms with E-state index >= 15 is 0 Å². The number of ether oxygens (including phenoxy) is 2. The van der Waals surface area contributed by atoms with E-state index in [9.17, 15) is 4.79 Å². The number of rotatable bonds is 4. The van der Waals surface area contributed by atoms with Crippen LogP contribution in [-0.2, 0) is 16.1 Å². The Morgan fingerprint density at radius 2 is 2.11 bits per heavy atom. The Morgan fingerprint density at radius 1 is 1.37 bits per heavy atom. The molecule has 0 spiro atoms. The highest BCUT2D eigenvalue weighted by Gasteiger charge is 2.19. The number of nitriles is 1. The molecule has 0 aromatic heterocycles. The first kappa shape index (κ1) is 13.6. The first-order valence-corrected chi connectivity index (χ1v) is 6.43. The van der Waals surface area contributed by atoms with Crippen LogP contribution in [0.2, 0.25) is 0 Å². The Labute approximate surface area is 112 Å².